The minimum atomic E-state index is -0.356. The Hall–Kier alpha value is -0.940. The van der Waals surface area contributed by atoms with Crippen LogP contribution in [0, 0.1) is 5.82 Å². The number of rotatable bonds is 3. The molecule has 94 valence electrons. The molecule has 0 saturated heterocycles. The molecule has 1 unspecified atom stereocenters. The number of hydrogen-bond donors (Lipinski definition) is 2. The van der Waals surface area contributed by atoms with Crippen molar-refractivity contribution in [1.29, 1.82) is 0 Å². The fourth-order valence-electron chi connectivity index (χ4n) is 1.79. The molecule has 5 heteroatoms. The van der Waals surface area contributed by atoms with Gasteiger partial charge in [-0.05, 0) is 41.5 Å². The SMILES string of the molecule is NNC(c1cccc(Br)c1)c1cc(F)ccc1Cl. The van der Waals surface area contributed by atoms with Gasteiger partial charge in [-0.1, -0.05) is 39.7 Å². The summed E-state index contributed by atoms with van der Waals surface area (Å²) in [5.74, 6) is 5.22. The fraction of sp³-hybridized carbons (Fsp3) is 0.0769. The summed E-state index contributed by atoms with van der Waals surface area (Å²) in [6.07, 6.45) is 0. The van der Waals surface area contributed by atoms with E-state index in [1.807, 2.05) is 24.3 Å². The van der Waals surface area contributed by atoms with Crippen LogP contribution in [0.25, 0.3) is 0 Å². The van der Waals surface area contributed by atoms with Gasteiger partial charge in [0.1, 0.15) is 5.82 Å². The van der Waals surface area contributed by atoms with Crippen LogP contribution in [-0.4, -0.2) is 0 Å². The quantitative estimate of drug-likeness (QED) is 0.664. The molecular formula is C13H11BrClFN2. The summed E-state index contributed by atoms with van der Waals surface area (Å²) in [5, 5.41) is 0.472. The number of halogens is 3. The molecule has 0 aliphatic carbocycles. The molecule has 0 aliphatic rings. The highest BCUT2D eigenvalue weighted by Crippen LogP contribution is 2.29. The third-order valence-electron chi connectivity index (χ3n) is 2.62. The Morgan fingerprint density at radius 2 is 2.00 bits per heavy atom. The lowest BCUT2D eigenvalue weighted by Gasteiger charge is -2.18. The summed E-state index contributed by atoms with van der Waals surface area (Å²) in [6.45, 7) is 0. The summed E-state index contributed by atoms with van der Waals surface area (Å²) in [4.78, 5) is 0. The van der Waals surface area contributed by atoms with Crippen molar-refractivity contribution in [3.63, 3.8) is 0 Å². The number of nitrogens with two attached hydrogens (primary N) is 1. The fourth-order valence-corrected chi connectivity index (χ4v) is 2.43. The lowest BCUT2D eigenvalue weighted by atomic mass is 9.99. The standard InChI is InChI=1S/C13H11BrClFN2/c14-9-3-1-2-8(6-9)13(18-17)11-7-10(16)4-5-12(11)15/h1-7,13,18H,17H2. The zero-order valence-electron chi connectivity index (χ0n) is 9.33. The maximum atomic E-state index is 13.3. The van der Waals surface area contributed by atoms with Crippen molar-refractivity contribution in [3.05, 3.63) is 68.9 Å². The zero-order valence-corrected chi connectivity index (χ0v) is 11.7. The molecule has 1 atom stereocenters. The highest BCUT2D eigenvalue weighted by molar-refractivity contribution is 9.10. The molecule has 18 heavy (non-hydrogen) atoms. The van der Waals surface area contributed by atoms with Gasteiger partial charge >= 0.3 is 0 Å². The first kappa shape index (κ1) is 13.5. The Labute approximate surface area is 118 Å². The summed E-state index contributed by atoms with van der Waals surface area (Å²) >= 11 is 9.47. The Balaban J connectivity index is 2.48. The van der Waals surface area contributed by atoms with Crippen LogP contribution in [0.3, 0.4) is 0 Å². The average Bonchev–Trinajstić information content (AvgIpc) is 2.35. The van der Waals surface area contributed by atoms with Crippen molar-refractivity contribution in [1.82, 2.24) is 5.43 Å². The first-order chi connectivity index (χ1) is 8.61. The van der Waals surface area contributed by atoms with Crippen molar-refractivity contribution in [2.45, 2.75) is 6.04 Å². The monoisotopic (exact) mass is 328 g/mol. The molecule has 0 heterocycles. The van der Waals surface area contributed by atoms with Crippen molar-refractivity contribution < 1.29 is 4.39 Å². The van der Waals surface area contributed by atoms with Gasteiger partial charge in [-0.2, -0.15) is 0 Å². The number of hydrazine groups is 1. The van der Waals surface area contributed by atoms with E-state index < -0.39 is 0 Å². The lowest BCUT2D eigenvalue weighted by Crippen LogP contribution is -2.29. The molecule has 0 amide bonds. The molecule has 2 aromatic carbocycles. The molecule has 2 rings (SSSR count). The van der Waals surface area contributed by atoms with E-state index in [9.17, 15) is 4.39 Å². The average molecular weight is 330 g/mol. The molecule has 2 nitrogen and oxygen atoms in total. The summed E-state index contributed by atoms with van der Waals surface area (Å²) < 4.78 is 14.2. The van der Waals surface area contributed by atoms with Gasteiger partial charge in [-0.15, -0.1) is 0 Å². The molecule has 0 radical (unpaired) electrons. The van der Waals surface area contributed by atoms with Crippen molar-refractivity contribution >= 4 is 27.5 Å². The highest BCUT2D eigenvalue weighted by Gasteiger charge is 2.16. The van der Waals surface area contributed by atoms with E-state index in [4.69, 9.17) is 17.4 Å². The van der Waals surface area contributed by atoms with Crippen LogP contribution in [0.5, 0.6) is 0 Å². The molecule has 0 aromatic heterocycles. The second-order valence-corrected chi connectivity index (χ2v) is 5.14. The first-order valence-corrected chi connectivity index (χ1v) is 6.45. The molecule has 0 spiro atoms. The van der Waals surface area contributed by atoms with E-state index in [1.54, 1.807) is 0 Å². The maximum absolute atomic E-state index is 13.3. The van der Waals surface area contributed by atoms with E-state index in [-0.39, 0.29) is 11.9 Å². The minimum Gasteiger partial charge on any atom is -0.271 e. The molecule has 0 bridgehead atoms. The van der Waals surface area contributed by atoms with E-state index >= 15 is 0 Å². The zero-order chi connectivity index (χ0) is 13.1. The van der Waals surface area contributed by atoms with Gasteiger partial charge in [0, 0.05) is 9.50 Å². The Bertz CT molecular complexity index is 562. The van der Waals surface area contributed by atoms with Gasteiger partial charge in [0.05, 0.1) is 6.04 Å². The second kappa shape index (κ2) is 5.80. The second-order valence-electron chi connectivity index (χ2n) is 3.82. The molecule has 0 fully saturated rings. The first-order valence-electron chi connectivity index (χ1n) is 5.28. The Morgan fingerprint density at radius 1 is 1.22 bits per heavy atom. The van der Waals surface area contributed by atoms with Crippen LogP contribution >= 0.6 is 27.5 Å². The van der Waals surface area contributed by atoms with E-state index in [0.717, 1.165) is 10.0 Å². The van der Waals surface area contributed by atoms with Gasteiger partial charge in [0.15, 0.2) is 0 Å². The van der Waals surface area contributed by atoms with Crippen LogP contribution in [0.1, 0.15) is 17.2 Å². The minimum absolute atomic E-state index is 0.343. The number of hydrogen-bond acceptors (Lipinski definition) is 2. The third-order valence-corrected chi connectivity index (χ3v) is 3.46. The van der Waals surface area contributed by atoms with Crippen LogP contribution in [0.15, 0.2) is 46.9 Å². The van der Waals surface area contributed by atoms with Crippen LogP contribution < -0.4 is 11.3 Å². The van der Waals surface area contributed by atoms with Gasteiger partial charge < -0.3 is 0 Å². The molecule has 3 N–H and O–H groups in total. The number of nitrogens with one attached hydrogen (secondary N) is 1. The smallest absolute Gasteiger partial charge is 0.123 e. The van der Waals surface area contributed by atoms with Crippen LogP contribution in [-0.2, 0) is 0 Å². The highest BCUT2D eigenvalue weighted by atomic mass is 79.9. The van der Waals surface area contributed by atoms with Crippen molar-refractivity contribution in [3.8, 4) is 0 Å². The normalized spacial score (nSPS) is 12.4. The predicted octanol–water partition coefficient (Wildman–Crippen LogP) is 3.79. The van der Waals surface area contributed by atoms with Gasteiger partial charge in [0.25, 0.3) is 0 Å². The molecular weight excluding hydrogens is 319 g/mol. The van der Waals surface area contributed by atoms with E-state index in [1.165, 1.54) is 18.2 Å². The Morgan fingerprint density at radius 3 is 2.67 bits per heavy atom. The van der Waals surface area contributed by atoms with Crippen LogP contribution in [0.4, 0.5) is 4.39 Å². The maximum Gasteiger partial charge on any atom is 0.123 e. The third kappa shape index (κ3) is 2.90. The van der Waals surface area contributed by atoms with Crippen molar-refractivity contribution in [2.75, 3.05) is 0 Å². The van der Waals surface area contributed by atoms with E-state index in [0.29, 0.717) is 10.6 Å². The predicted molar refractivity (Wildman–Crippen MR) is 74.7 cm³/mol. The van der Waals surface area contributed by atoms with E-state index in [2.05, 4.69) is 21.4 Å². The van der Waals surface area contributed by atoms with Gasteiger partial charge in [-0.3, -0.25) is 5.84 Å². The molecule has 0 aliphatic heterocycles. The van der Waals surface area contributed by atoms with Crippen molar-refractivity contribution in [2.24, 2.45) is 5.84 Å². The largest absolute Gasteiger partial charge is 0.271 e. The Kier molecular flexibility index (Phi) is 4.35. The summed E-state index contributed by atoms with van der Waals surface area (Å²) in [7, 11) is 0. The van der Waals surface area contributed by atoms with Gasteiger partial charge in [-0.25, -0.2) is 9.82 Å². The van der Waals surface area contributed by atoms with Gasteiger partial charge in [0.2, 0.25) is 0 Å². The number of benzene rings is 2. The molecule has 2 aromatic rings. The summed E-state index contributed by atoms with van der Waals surface area (Å²) in [6, 6.07) is 11.5. The lowest BCUT2D eigenvalue weighted by molar-refractivity contribution is 0.605. The molecule has 0 saturated carbocycles. The summed E-state index contributed by atoms with van der Waals surface area (Å²) in [5.41, 5.74) is 4.17. The topological polar surface area (TPSA) is 38.0 Å². The van der Waals surface area contributed by atoms with Crippen LogP contribution in [0.2, 0.25) is 5.02 Å².